The second kappa shape index (κ2) is 10.6. The number of rotatable bonds is 5. The zero-order valence-corrected chi connectivity index (χ0v) is 15.9. The summed E-state index contributed by atoms with van der Waals surface area (Å²) in [6.07, 6.45) is 0. The second-order valence-electron chi connectivity index (χ2n) is 4.96. The maximum atomic E-state index is 12.8. The van der Waals surface area contributed by atoms with Crippen molar-refractivity contribution in [1.29, 1.82) is 0 Å². The Morgan fingerprint density at radius 3 is 2.08 bits per heavy atom. The molecule has 134 valence electrons. The van der Waals surface area contributed by atoms with Crippen LogP contribution < -0.4 is 16.0 Å². The molecule has 0 bridgehead atoms. The van der Waals surface area contributed by atoms with Crippen molar-refractivity contribution in [3.63, 3.8) is 0 Å². The number of carbonyl (C=O) groups is 1. The number of amides is 1. The number of hydrogen-bond acceptors (Lipinski definition) is 2. The summed E-state index contributed by atoms with van der Waals surface area (Å²) in [5, 5.41) is 8.52. The average molecular weight is 460 g/mol. The van der Waals surface area contributed by atoms with Gasteiger partial charge >= 0.3 is 0 Å². The van der Waals surface area contributed by atoms with Gasteiger partial charge in [-0.05, 0) is 42.0 Å². The third kappa shape index (κ3) is 7.46. The van der Waals surface area contributed by atoms with E-state index in [0.29, 0.717) is 18.2 Å². The third-order valence-electron chi connectivity index (χ3n) is 3.14. The molecule has 2 rings (SSSR count). The minimum Gasteiger partial charge on any atom is -0.352 e. The summed E-state index contributed by atoms with van der Waals surface area (Å²) < 4.78 is 25.6. The fraction of sp³-hybridized carbons (Fsp3) is 0.176. The van der Waals surface area contributed by atoms with Crippen molar-refractivity contribution < 1.29 is 13.6 Å². The van der Waals surface area contributed by atoms with Crippen molar-refractivity contribution in [2.75, 3.05) is 18.9 Å². The molecule has 0 atom stereocenters. The number of nitrogens with one attached hydrogen (secondary N) is 3. The minimum atomic E-state index is -0.364. The van der Waals surface area contributed by atoms with Crippen LogP contribution in [-0.4, -0.2) is 25.5 Å². The van der Waals surface area contributed by atoms with E-state index in [2.05, 4.69) is 20.9 Å². The summed E-state index contributed by atoms with van der Waals surface area (Å²) in [6.45, 7) is 0.444. The number of carbonyl (C=O) groups excluding carboxylic acids is 1. The van der Waals surface area contributed by atoms with Gasteiger partial charge in [-0.3, -0.25) is 9.79 Å². The molecule has 3 N–H and O–H groups in total. The van der Waals surface area contributed by atoms with Gasteiger partial charge in [0.1, 0.15) is 11.6 Å². The van der Waals surface area contributed by atoms with E-state index < -0.39 is 0 Å². The predicted molar refractivity (Wildman–Crippen MR) is 105 cm³/mol. The van der Waals surface area contributed by atoms with Crippen LogP contribution in [0.1, 0.15) is 5.56 Å². The van der Waals surface area contributed by atoms with Crippen molar-refractivity contribution >= 4 is 41.5 Å². The van der Waals surface area contributed by atoms with Crippen molar-refractivity contribution in [3.05, 3.63) is 65.7 Å². The Hall–Kier alpha value is -2.23. The van der Waals surface area contributed by atoms with Crippen LogP contribution in [0.5, 0.6) is 0 Å². The minimum absolute atomic E-state index is 0. The van der Waals surface area contributed by atoms with Gasteiger partial charge in [0, 0.05) is 19.3 Å². The summed E-state index contributed by atoms with van der Waals surface area (Å²) in [5.41, 5.74) is 1.40. The molecule has 0 heterocycles. The van der Waals surface area contributed by atoms with Crippen LogP contribution in [0.25, 0.3) is 0 Å². The number of benzene rings is 2. The first-order valence-corrected chi connectivity index (χ1v) is 7.31. The van der Waals surface area contributed by atoms with Crippen molar-refractivity contribution in [2.45, 2.75) is 6.54 Å². The zero-order valence-electron chi connectivity index (χ0n) is 13.6. The molecular formula is C17H19F2IN4O. The summed E-state index contributed by atoms with van der Waals surface area (Å²) in [4.78, 5) is 15.8. The molecule has 0 aliphatic rings. The molecule has 0 unspecified atom stereocenters. The van der Waals surface area contributed by atoms with E-state index in [-0.39, 0.29) is 48.1 Å². The zero-order chi connectivity index (χ0) is 17.4. The van der Waals surface area contributed by atoms with Crippen molar-refractivity contribution in [3.8, 4) is 0 Å². The molecule has 0 fully saturated rings. The van der Waals surface area contributed by atoms with Gasteiger partial charge in [-0.2, -0.15) is 0 Å². The van der Waals surface area contributed by atoms with E-state index in [1.807, 2.05) is 0 Å². The summed E-state index contributed by atoms with van der Waals surface area (Å²) >= 11 is 0. The van der Waals surface area contributed by atoms with Crippen molar-refractivity contribution in [2.24, 2.45) is 4.99 Å². The highest BCUT2D eigenvalue weighted by atomic mass is 127. The Morgan fingerprint density at radius 2 is 1.52 bits per heavy atom. The van der Waals surface area contributed by atoms with E-state index in [4.69, 9.17) is 0 Å². The van der Waals surface area contributed by atoms with E-state index in [1.54, 1.807) is 19.2 Å². The van der Waals surface area contributed by atoms with Gasteiger partial charge in [0.2, 0.25) is 5.91 Å². The van der Waals surface area contributed by atoms with Crippen LogP contribution in [0, 0.1) is 11.6 Å². The fourth-order valence-corrected chi connectivity index (χ4v) is 1.91. The summed E-state index contributed by atoms with van der Waals surface area (Å²) in [5.74, 6) is -0.504. The molecule has 0 aliphatic carbocycles. The lowest BCUT2D eigenvalue weighted by molar-refractivity contribution is -0.115. The molecule has 0 spiro atoms. The van der Waals surface area contributed by atoms with Crippen LogP contribution in [-0.2, 0) is 11.3 Å². The molecule has 2 aromatic carbocycles. The van der Waals surface area contributed by atoms with Gasteiger partial charge in [-0.15, -0.1) is 24.0 Å². The van der Waals surface area contributed by atoms with Gasteiger partial charge in [0.05, 0.1) is 6.54 Å². The lowest BCUT2D eigenvalue weighted by atomic mass is 10.2. The molecule has 2 aromatic rings. The highest BCUT2D eigenvalue weighted by Crippen LogP contribution is 2.07. The maximum absolute atomic E-state index is 12.8. The van der Waals surface area contributed by atoms with E-state index in [0.717, 1.165) is 5.56 Å². The largest absolute Gasteiger partial charge is 0.352 e. The Balaban J connectivity index is 0.00000312. The highest BCUT2D eigenvalue weighted by Gasteiger charge is 2.05. The molecule has 5 nitrogen and oxygen atoms in total. The Morgan fingerprint density at radius 1 is 0.960 bits per heavy atom. The molecular weight excluding hydrogens is 441 g/mol. The van der Waals surface area contributed by atoms with E-state index >= 15 is 0 Å². The quantitative estimate of drug-likeness (QED) is 0.366. The molecule has 0 aromatic heterocycles. The smallest absolute Gasteiger partial charge is 0.243 e. The van der Waals surface area contributed by atoms with Gasteiger partial charge < -0.3 is 16.0 Å². The van der Waals surface area contributed by atoms with Crippen molar-refractivity contribution in [1.82, 2.24) is 10.6 Å². The number of guanidine groups is 1. The van der Waals surface area contributed by atoms with Crippen LogP contribution in [0.15, 0.2) is 53.5 Å². The Labute approximate surface area is 161 Å². The van der Waals surface area contributed by atoms with E-state index in [9.17, 15) is 13.6 Å². The topological polar surface area (TPSA) is 65.5 Å². The standard InChI is InChI=1S/C17H18F2N4O.HI/c1-20-17(21-10-12-2-4-13(18)5-3-12)22-11-16(24)23-15-8-6-14(19)7-9-15;/h2-9H,10-11H2,1H3,(H,23,24)(H2,20,21,22);1H. The second-order valence-corrected chi connectivity index (χ2v) is 4.96. The average Bonchev–Trinajstić information content (AvgIpc) is 2.58. The number of hydrogen-bond donors (Lipinski definition) is 3. The number of aliphatic imine (C=N–C) groups is 1. The van der Waals surface area contributed by atoms with Gasteiger partial charge in [-0.25, -0.2) is 8.78 Å². The molecule has 0 saturated heterocycles. The number of nitrogens with zero attached hydrogens (tertiary/aromatic N) is 1. The lowest BCUT2D eigenvalue weighted by Gasteiger charge is -2.12. The molecule has 8 heteroatoms. The van der Waals surface area contributed by atoms with Crippen LogP contribution in [0.4, 0.5) is 14.5 Å². The lowest BCUT2D eigenvalue weighted by Crippen LogP contribution is -2.41. The summed E-state index contributed by atoms with van der Waals surface area (Å²) in [7, 11) is 1.58. The molecule has 0 aliphatic heterocycles. The SMILES string of the molecule is CN=C(NCC(=O)Nc1ccc(F)cc1)NCc1ccc(F)cc1.I. The first kappa shape index (κ1) is 20.8. The summed E-state index contributed by atoms with van der Waals surface area (Å²) in [6, 6.07) is 11.6. The first-order valence-electron chi connectivity index (χ1n) is 7.31. The molecule has 1 amide bonds. The van der Waals surface area contributed by atoms with Crippen LogP contribution in [0.3, 0.4) is 0 Å². The normalized spacial score (nSPS) is 10.6. The molecule has 0 saturated carbocycles. The fourth-order valence-electron chi connectivity index (χ4n) is 1.91. The Kier molecular flexibility index (Phi) is 8.82. The van der Waals surface area contributed by atoms with Gasteiger partial charge in [0.25, 0.3) is 0 Å². The molecule has 25 heavy (non-hydrogen) atoms. The Bertz CT molecular complexity index is 706. The highest BCUT2D eigenvalue weighted by molar-refractivity contribution is 14.0. The first-order chi connectivity index (χ1) is 11.6. The number of anilines is 1. The maximum Gasteiger partial charge on any atom is 0.243 e. The molecule has 0 radical (unpaired) electrons. The number of halogens is 3. The van der Waals surface area contributed by atoms with Crippen LogP contribution in [0.2, 0.25) is 0 Å². The predicted octanol–water partition coefficient (Wildman–Crippen LogP) is 2.89. The van der Waals surface area contributed by atoms with E-state index in [1.165, 1.54) is 36.4 Å². The van der Waals surface area contributed by atoms with Gasteiger partial charge in [-0.1, -0.05) is 12.1 Å². The van der Waals surface area contributed by atoms with Crippen LogP contribution >= 0.6 is 24.0 Å². The third-order valence-corrected chi connectivity index (χ3v) is 3.14. The van der Waals surface area contributed by atoms with Gasteiger partial charge in [0.15, 0.2) is 5.96 Å². The monoisotopic (exact) mass is 460 g/mol.